The quantitative estimate of drug-likeness (QED) is 0.895. The first-order valence-corrected chi connectivity index (χ1v) is 4.90. The molecule has 3 nitrogen and oxygen atoms in total. The summed E-state index contributed by atoms with van der Waals surface area (Å²) >= 11 is 3.37. The third kappa shape index (κ3) is 1.86. The van der Waals surface area contributed by atoms with Crippen molar-refractivity contribution in [2.24, 2.45) is 0 Å². The number of aromatic nitrogens is 1. The fraction of sp³-hybridized carbons (Fsp3) is 0.100. The van der Waals surface area contributed by atoms with E-state index < -0.39 is 0 Å². The number of aliphatic hydroxyl groups excluding tert-OH is 1. The normalized spacial score (nSPS) is 10.4. The van der Waals surface area contributed by atoms with E-state index in [2.05, 4.69) is 20.9 Å². The van der Waals surface area contributed by atoms with Gasteiger partial charge >= 0.3 is 0 Å². The predicted octanol–water partition coefficient (Wildman–Crippen LogP) is 2.60. The Labute approximate surface area is 89.5 Å². The summed E-state index contributed by atoms with van der Waals surface area (Å²) in [5, 5.41) is 8.79. The van der Waals surface area contributed by atoms with Gasteiger partial charge < -0.3 is 9.52 Å². The van der Waals surface area contributed by atoms with Crippen molar-refractivity contribution >= 4 is 15.9 Å². The molecule has 0 aliphatic rings. The van der Waals surface area contributed by atoms with Gasteiger partial charge in [0.1, 0.15) is 6.61 Å². The van der Waals surface area contributed by atoms with Crippen LogP contribution < -0.4 is 0 Å². The highest BCUT2D eigenvalue weighted by Crippen LogP contribution is 2.23. The Hall–Kier alpha value is -1.13. The molecule has 0 fully saturated rings. The number of halogens is 1. The Morgan fingerprint density at radius 1 is 1.43 bits per heavy atom. The van der Waals surface area contributed by atoms with E-state index in [9.17, 15) is 0 Å². The Kier molecular flexibility index (Phi) is 2.65. The van der Waals surface area contributed by atoms with Crippen molar-refractivity contribution in [2.45, 2.75) is 6.61 Å². The number of benzene rings is 1. The summed E-state index contributed by atoms with van der Waals surface area (Å²) in [5.41, 5.74) is 0.937. The fourth-order valence-corrected chi connectivity index (χ4v) is 1.56. The Balaban J connectivity index is 2.39. The number of oxazole rings is 1. The van der Waals surface area contributed by atoms with E-state index in [0.717, 1.165) is 10.0 Å². The van der Waals surface area contributed by atoms with E-state index in [1.54, 1.807) is 6.20 Å². The topological polar surface area (TPSA) is 46.3 Å². The SMILES string of the molecule is OCc1ncc(-c2cccc(Br)c2)o1. The lowest BCUT2D eigenvalue weighted by molar-refractivity contribution is 0.241. The largest absolute Gasteiger partial charge is 0.438 e. The molecule has 72 valence electrons. The van der Waals surface area contributed by atoms with Gasteiger partial charge in [-0.1, -0.05) is 28.1 Å². The average Bonchev–Trinajstić information content (AvgIpc) is 2.66. The van der Waals surface area contributed by atoms with Crippen molar-refractivity contribution in [3.05, 3.63) is 40.8 Å². The molecule has 0 saturated carbocycles. The maximum Gasteiger partial charge on any atom is 0.220 e. The summed E-state index contributed by atoms with van der Waals surface area (Å²) in [6, 6.07) is 7.71. The first-order chi connectivity index (χ1) is 6.79. The molecule has 0 spiro atoms. The van der Waals surface area contributed by atoms with E-state index >= 15 is 0 Å². The third-order valence-corrected chi connectivity index (χ3v) is 2.29. The molecule has 1 aromatic carbocycles. The van der Waals surface area contributed by atoms with Gasteiger partial charge in [-0.2, -0.15) is 0 Å². The lowest BCUT2D eigenvalue weighted by Crippen LogP contribution is -1.78. The fourth-order valence-electron chi connectivity index (χ4n) is 1.16. The minimum absolute atomic E-state index is 0.173. The highest BCUT2D eigenvalue weighted by molar-refractivity contribution is 9.10. The van der Waals surface area contributed by atoms with Crippen molar-refractivity contribution in [1.29, 1.82) is 0 Å². The van der Waals surface area contributed by atoms with Crippen LogP contribution >= 0.6 is 15.9 Å². The number of hydrogen-bond donors (Lipinski definition) is 1. The summed E-state index contributed by atoms with van der Waals surface area (Å²) in [4.78, 5) is 3.91. The van der Waals surface area contributed by atoms with E-state index in [-0.39, 0.29) is 6.61 Å². The number of rotatable bonds is 2. The Morgan fingerprint density at radius 2 is 2.29 bits per heavy atom. The molecule has 0 amide bonds. The van der Waals surface area contributed by atoms with Crippen LogP contribution in [0.2, 0.25) is 0 Å². The molecule has 4 heteroatoms. The van der Waals surface area contributed by atoms with Gasteiger partial charge in [-0.25, -0.2) is 4.98 Å². The number of nitrogens with zero attached hydrogens (tertiary/aromatic N) is 1. The smallest absolute Gasteiger partial charge is 0.220 e. The zero-order valence-corrected chi connectivity index (χ0v) is 8.86. The second kappa shape index (κ2) is 3.94. The van der Waals surface area contributed by atoms with E-state index in [0.29, 0.717) is 11.7 Å². The van der Waals surface area contributed by atoms with Crippen LogP contribution in [0.25, 0.3) is 11.3 Å². The van der Waals surface area contributed by atoms with E-state index in [1.165, 1.54) is 0 Å². The van der Waals surface area contributed by atoms with Crippen LogP contribution in [-0.4, -0.2) is 10.1 Å². The molecule has 0 aliphatic heterocycles. The molecular formula is C10H8BrNO2. The minimum atomic E-state index is -0.173. The molecule has 2 aromatic rings. The number of hydrogen-bond acceptors (Lipinski definition) is 3. The van der Waals surface area contributed by atoms with Crippen molar-refractivity contribution in [1.82, 2.24) is 4.98 Å². The zero-order valence-electron chi connectivity index (χ0n) is 7.27. The molecule has 1 aromatic heterocycles. The molecule has 0 saturated heterocycles. The van der Waals surface area contributed by atoms with Crippen LogP contribution in [0.3, 0.4) is 0 Å². The predicted molar refractivity (Wildman–Crippen MR) is 55.6 cm³/mol. The second-order valence-corrected chi connectivity index (χ2v) is 3.70. The summed E-state index contributed by atoms with van der Waals surface area (Å²) in [7, 11) is 0. The monoisotopic (exact) mass is 253 g/mol. The van der Waals surface area contributed by atoms with Crippen LogP contribution in [0, 0.1) is 0 Å². The van der Waals surface area contributed by atoms with Crippen molar-refractivity contribution < 1.29 is 9.52 Å². The Morgan fingerprint density at radius 3 is 2.93 bits per heavy atom. The minimum Gasteiger partial charge on any atom is -0.438 e. The van der Waals surface area contributed by atoms with Crippen LogP contribution in [-0.2, 0) is 6.61 Å². The lowest BCUT2D eigenvalue weighted by atomic mass is 10.2. The van der Waals surface area contributed by atoms with Crippen LogP contribution in [0.4, 0.5) is 0 Å². The van der Waals surface area contributed by atoms with Crippen LogP contribution in [0.1, 0.15) is 5.89 Å². The molecule has 14 heavy (non-hydrogen) atoms. The van der Waals surface area contributed by atoms with E-state index in [1.807, 2.05) is 24.3 Å². The summed E-state index contributed by atoms with van der Waals surface area (Å²) in [6.07, 6.45) is 1.60. The van der Waals surface area contributed by atoms with Gasteiger partial charge in [0.25, 0.3) is 0 Å². The molecule has 2 rings (SSSR count). The van der Waals surface area contributed by atoms with Gasteiger partial charge in [-0.05, 0) is 12.1 Å². The summed E-state index contributed by atoms with van der Waals surface area (Å²) in [6.45, 7) is -0.173. The van der Waals surface area contributed by atoms with E-state index in [4.69, 9.17) is 9.52 Å². The molecule has 0 bridgehead atoms. The van der Waals surface area contributed by atoms with Gasteiger partial charge in [-0.15, -0.1) is 0 Å². The molecule has 0 unspecified atom stereocenters. The molecular weight excluding hydrogens is 246 g/mol. The molecule has 1 N–H and O–H groups in total. The lowest BCUT2D eigenvalue weighted by Gasteiger charge is -1.95. The van der Waals surface area contributed by atoms with Crippen LogP contribution in [0.5, 0.6) is 0 Å². The van der Waals surface area contributed by atoms with Gasteiger partial charge in [0.15, 0.2) is 5.76 Å². The summed E-state index contributed by atoms with van der Waals surface area (Å²) in [5.74, 6) is 0.996. The first-order valence-electron chi connectivity index (χ1n) is 4.11. The Bertz CT molecular complexity index is 439. The zero-order chi connectivity index (χ0) is 9.97. The molecule has 0 aliphatic carbocycles. The summed E-state index contributed by atoms with van der Waals surface area (Å²) < 4.78 is 6.28. The van der Waals surface area contributed by atoms with Gasteiger partial charge in [0, 0.05) is 10.0 Å². The van der Waals surface area contributed by atoms with Gasteiger partial charge in [0.2, 0.25) is 5.89 Å². The average molecular weight is 254 g/mol. The van der Waals surface area contributed by atoms with Crippen molar-refractivity contribution in [3.8, 4) is 11.3 Å². The van der Waals surface area contributed by atoms with Gasteiger partial charge in [0.05, 0.1) is 6.20 Å². The first kappa shape index (κ1) is 9.43. The van der Waals surface area contributed by atoms with Crippen molar-refractivity contribution in [3.63, 3.8) is 0 Å². The number of aliphatic hydroxyl groups is 1. The molecule has 0 atom stereocenters. The van der Waals surface area contributed by atoms with Gasteiger partial charge in [-0.3, -0.25) is 0 Å². The van der Waals surface area contributed by atoms with Crippen LogP contribution in [0.15, 0.2) is 39.4 Å². The maximum atomic E-state index is 8.79. The second-order valence-electron chi connectivity index (χ2n) is 2.79. The highest BCUT2D eigenvalue weighted by Gasteiger charge is 2.04. The molecule has 0 radical (unpaired) electrons. The van der Waals surface area contributed by atoms with Crippen molar-refractivity contribution in [2.75, 3.05) is 0 Å². The third-order valence-electron chi connectivity index (χ3n) is 1.80. The maximum absolute atomic E-state index is 8.79. The standard InChI is InChI=1S/C10H8BrNO2/c11-8-3-1-2-7(4-8)9-5-12-10(6-13)14-9/h1-5,13H,6H2. The highest BCUT2D eigenvalue weighted by atomic mass is 79.9. The molecule has 1 heterocycles.